The maximum atomic E-state index is 2.40. The Morgan fingerprint density at radius 3 is 1.29 bits per heavy atom. The van der Waals surface area contributed by atoms with Crippen molar-refractivity contribution in [2.75, 3.05) is 0 Å². The van der Waals surface area contributed by atoms with Crippen molar-refractivity contribution in [1.29, 1.82) is 0 Å². The first-order chi connectivity index (χ1) is 10.6. The Balaban J connectivity index is 0.000000561. The lowest BCUT2D eigenvalue weighted by Gasteiger charge is -2.40. The molecule has 0 aromatic rings. The zero-order valence-corrected chi connectivity index (χ0v) is 19.2. The highest BCUT2D eigenvalue weighted by molar-refractivity contribution is 5.52. The summed E-state index contributed by atoms with van der Waals surface area (Å²) in [5.74, 6) is 1.37. The molecule has 0 bridgehead atoms. The summed E-state index contributed by atoms with van der Waals surface area (Å²) in [4.78, 5) is 0. The highest BCUT2D eigenvalue weighted by atomic mass is 14.5. The minimum absolute atomic E-state index is 0.259. The van der Waals surface area contributed by atoms with E-state index in [0.717, 1.165) is 5.92 Å². The Hall–Kier alpha value is -0.780. The topological polar surface area (TPSA) is 0 Å². The van der Waals surface area contributed by atoms with Crippen LogP contribution < -0.4 is 0 Å². The van der Waals surface area contributed by atoms with Crippen molar-refractivity contribution in [3.05, 3.63) is 33.4 Å². The van der Waals surface area contributed by atoms with Gasteiger partial charge >= 0.3 is 0 Å². The standard InChI is InChI=1S/C16H28.C8H16/c1-10(2)13-12(5)14(11(3)4)16(8,9)15(13,6)7;1-6(2)8(5)7(3)4/h10H,1-9H3;6H,1-5H3. The van der Waals surface area contributed by atoms with Gasteiger partial charge in [0.25, 0.3) is 0 Å². The SMILES string of the molecule is CC(C)=C(C)C(C)C.CC(C)=C1C(C)=C(C(C)C)C(C)(C)C1(C)C. The van der Waals surface area contributed by atoms with Gasteiger partial charge in [0, 0.05) is 0 Å². The van der Waals surface area contributed by atoms with Crippen molar-refractivity contribution in [2.24, 2.45) is 22.7 Å². The Kier molecular flexibility index (Phi) is 7.80. The first-order valence-corrected chi connectivity index (χ1v) is 9.64. The number of rotatable bonds is 2. The van der Waals surface area contributed by atoms with E-state index in [-0.39, 0.29) is 10.8 Å². The zero-order valence-electron chi connectivity index (χ0n) is 19.2. The third-order valence-corrected chi connectivity index (χ3v) is 6.37. The van der Waals surface area contributed by atoms with Crippen LogP contribution in [0.5, 0.6) is 0 Å². The molecule has 1 rings (SSSR count). The number of hydrogen-bond acceptors (Lipinski definition) is 0. The molecule has 0 radical (unpaired) electrons. The summed E-state index contributed by atoms with van der Waals surface area (Å²) in [5, 5.41) is 0. The lowest BCUT2D eigenvalue weighted by Crippen LogP contribution is -2.32. The van der Waals surface area contributed by atoms with Crippen molar-refractivity contribution in [1.82, 2.24) is 0 Å². The van der Waals surface area contributed by atoms with Gasteiger partial charge in [-0.25, -0.2) is 0 Å². The molecule has 1 aliphatic carbocycles. The van der Waals surface area contributed by atoms with Gasteiger partial charge in [-0.2, -0.15) is 0 Å². The van der Waals surface area contributed by atoms with Crippen molar-refractivity contribution >= 4 is 0 Å². The molecule has 24 heavy (non-hydrogen) atoms. The summed E-state index contributed by atoms with van der Waals surface area (Å²) in [7, 11) is 0. The predicted molar refractivity (Wildman–Crippen MR) is 112 cm³/mol. The minimum atomic E-state index is 0.259. The van der Waals surface area contributed by atoms with Gasteiger partial charge in [0.2, 0.25) is 0 Å². The second kappa shape index (κ2) is 8.07. The highest BCUT2D eigenvalue weighted by Gasteiger charge is 2.49. The molecule has 0 atom stereocenters. The van der Waals surface area contributed by atoms with Gasteiger partial charge in [-0.3, -0.25) is 0 Å². The van der Waals surface area contributed by atoms with Crippen LogP contribution in [0, 0.1) is 22.7 Å². The molecule has 0 unspecified atom stereocenters. The van der Waals surface area contributed by atoms with Crippen molar-refractivity contribution in [3.63, 3.8) is 0 Å². The molecule has 1 aliphatic rings. The van der Waals surface area contributed by atoms with Gasteiger partial charge in [-0.15, -0.1) is 0 Å². The van der Waals surface area contributed by atoms with Gasteiger partial charge in [0.15, 0.2) is 0 Å². The summed E-state index contributed by atoms with van der Waals surface area (Å²) in [5.41, 5.74) is 9.77. The van der Waals surface area contributed by atoms with Gasteiger partial charge in [0.05, 0.1) is 0 Å². The molecule has 0 aliphatic heterocycles. The van der Waals surface area contributed by atoms with Gasteiger partial charge in [-0.05, 0) is 75.4 Å². The van der Waals surface area contributed by atoms with E-state index in [0.29, 0.717) is 5.92 Å². The third kappa shape index (κ3) is 4.44. The molecule has 0 nitrogen and oxygen atoms in total. The average Bonchev–Trinajstić information content (AvgIpc) is 2.50. The van der Waals surface area contributed by atoms with Crippen LogP contribution in [-0.4, -0.2) is 0 Å². The van der Waals surface area contributed by atoms with E-state index in [1.54, 1.807) is 16.7 Å². The van der Waals surface area contributed by atoms with Gasteiger partial charge in [-0.1, -0.05) is 77.7 Å². The molecule has 0 saturated heterocycles. The molecular formula is C24H44. The van der Waals surface area contributed by atoms with E-state index in [9.17, 15) is 0 Å². The fraction of sp³-hybridized carbons (Fsp3) is 0.750. The highest BCUT2D eigenvalue weighted by Crippen LogP contribution is 2.60. The molecule has 0 N–H and O–H groups in total. The first kappa shape index (κ1) is 23.2. The normalized spacial score (nSPS) is 18.8. The Morgan fingerprint density at radius 1 is 0.750 bits per heavy atom. The third-order valence-electron chi connectivity index (χ3n) is 6.37. The van der Waals surface area contributed by atoms with Crippen LogP contribution >= 0.6 is 0 Å². The fourth-order valence-electron chi connectivity index (χ4n) is 4.45. The average molecular weight is 333 g/mol. The second-order valence-electron chi connectivity index (χ2n) is 9.66. The summed E-state index contributed by atoms with van der Waals surface area (Å²) >= 11 is 0. The summed E-state index contributed by atoms with van der Waals surface area (Å²) in [6, 6.07) is 0. The molecule has 0 amide bonds. The number of hydrogen-bond donors (Lipinski definition) is 0. The lowest BCUT2D eigenvalue weighted by molar-refractivity contribution is 0.207. The first-order valence-electron chi connectivity index (χ1n) is 9.64. The van der Waals surface area contributed by atoms with E-state index in [2.05, 4.69) is 96.9 Å². The summed E-state index contributed by atoms with van der Waals surface area (Å²) in [6.07, 6.45) is 0. The monoisotopic (exact) mass is 332 g/mol. The molecule has 0 fully saturated rings. The van der Waals surface area contributed by atoms with E-state index in [4.69, 9.17) is 0 Å². The van der Waals surface area contributed by atoms with Crippen molar-refractivity contribution in [2.45, 2.75) is 96.9 Å². The summed E-state index contributed by atoms with van der Waals surface area (Å²) < 4.78 is 0. The second-order valence-corrected chi connectivity index (χ2v) is 9.66. The Morgan fingerprint density at radius 2 is 1.17 bits per heavy atom. The van der Waals surface area contributed by atoms with Crippen LogP contribution in [0.4, 0.5) is 0 Å². The molecule has 140 valence electrons. The van der Waals surface area contributed by atoms with E-state index < -0.39 is 0 Å². The Bertz CT molecular complexity index is 535. The van der Waals surface area contributed by atoms with Crippen LogP contribution in [-0.2, 0) is 0 Å². The Labute approximate surface area is 153 Å². The molecule has 0 saturated carbocycles. The lowest BCUT2D eigenvalue weighted by atomic mass is 9.64. The van der Waals surface area contributed by atoms with E-state index in [1.807, 2.05) is 0 Å². The summed E-state index contributed by atoms with van der Waals surface area (Å²) in [6.45, 7) is 32.0. The fourth-order valence-corrected chi connectivity index (χ4v) is 4.45. The predicted octanol–water partition coefficient (Wildman–Crippen LogP) is 8.36. The quantitative estimate of drug-likeness (QED) is 0.445. The molecule has 0 aromatic heterocycles. The van der Waals surface area contributed by atoms with Crippen molar-refractivity contribution in [3.8, 4) is 0 Å². The van der Waals surface area contributed by atoms with Crippen LogP contribution in [0.1, 0.15) is 96.9 Å². The zero-order chi connectivity index (χ0) is 19.6. The van der Waals surface area contributed by atoms with E-state index >= 15 is 0 Å². The van der Waals surface area contributed by atoms with Crippen LogP contribution in [0.2, 0.25) is 0 Å². The molecule has 0 aromatic carbocycles. The smallest absolute Gasteiger partial charge is 0.00130 e. The van der Waals surface area contributed by atoms with Crippen molar-refractivity contribution < 1.29 is 0 Å². The molecule has 0 spiro atoms. The van der Waals surface area contributed by atoms with Gasteiger partial charge in [0.1, 0.15) is 0 Å². The van der Waals surface area contributed by atoms with Crippen LogP contribution in [0.3, 0.4) is 0 Å². The molecule has 0 heteroatoms. The van der Waals surface area contributed by atoms with Crippen LogP contribution in [0.15, 0.2) is 33.4 Å². The van der Waals surface area contributed by atoms with Crippen LogP contribution in [0.25, 0.3) is 0 Å². The number of allylic oxidation sites excluding steroid dienone is 6. The minimum Gasteiger partial charge on any atom is -0.0773 e. The van der Waals surface area contributed by atoms with Gasteiger partial charge < -0.3 is 0 Å². The molecule has 0 heterocycles. The maximum absolute atomic E-state index is 2.40. The maximum Gasteiger partial charge on any atom is -0.00130 e. The van der Waals surface area contributed by atoms with E-state index in [1.165, 1.54) is 16.7 Å². The largest absolute Gasteiger partial charge is 0.0773 e. The molecular weight excluding hydrogens is 288 g/mol.